The minimum atomic E-state index is -1.41. The second-order valence-corrected chi connectivity index (χ2v) is 11.7. The zero-order valence-corrected chi connectivity index (χ0v) is 22.5. The Labute approximate surface area is 210 Å². The predicted octanol–water partition coefficient (Wildman–Crippen LogP) is 4.54. The van der Waals surface area contributed by atoms with Gasteiger partial charge in [-0.15, -0.1) is 5.10 Å². The highest BCUT2D eigenvalue weighted by molar-refractivity contribution is 6.62. The third kappa shape index (κ3) is 5.49. The summed E-state index contributed by atoms with van der Waals surface area (Å²) >= 11 is 0. The Kier molecular flexibility index (Phi) is 6.69. The zero-order valence-electron chi connectivity index (χ0n) is 22.5. The van der Waals surface area contributed by atoms with Gasteiger partial charge in [-0.1, -0.05) is 6.07 Å². The van der Waals surface area contributed by atoms with Crippen molar-refractivity contribution < 1.29 is 38.3 Å². The average Bonchev–Trinajstić information content (AvgIpc) is 3.13. The molecule has 0 aliphatic carbocycles. The van der Waals surface area contributed by atoms with E-state index in [0.717, 1.165) is 0 Å². The summed E-state index contributed by atoms with van der Waals surface area (Å²) in [6.07, 6.45) is -3.52. The summed E-state index contributed by atoms with van der Waals surface area (Å²) in [6, 6.07) is 4.77. The molecule has 1 saturated heterocycles. The van der Waals surface area contributed by atoms with Crippen LogP contribution in [-0.2, 0) is 18.8 Å². The largest absolute Gasteiger partial charge is 0.494 e. The van der Waals surface area contributed by atoms with Gasteiger partial charge in [-0.25, -0.2) is 14.4 Å². The number of fused-ring (bicyclic) bond motifs is 1. The Hall–Kier alpha value is -3.12. The molecular formula is C24H34BN3O8. The molecule has 3 rings (SSSR count). The minimum Gasteiger partial charge on any atom is -0.463 e. The maximum absolute atomic E-state index is 13.1. The van der Waals surface area contributed by atoms with Crippen LogP contribution in [-0.4, -0.2) is 62.7 Å². The van der Waals surface area contributed by atoms with Gasteiger partial charge in [-0.2, -0.15) is 9.58 Å². The molecule has 0 saturated carbocycles. The Balaban J connectivity index is 2.15. The second kappa shape index (κ2) is 8.77. The van der Waals surface area contributed by atoms with Crippen LogP contribution in [0.25, 0.3) is 10.9 Å². The van der Waals surface area contributed by atoms with E-state index < -0.39 is 47.8 Å². The minimum absolute atomic E-state index is 0.127. The fraction of sp³-hybridized carbons (Fsp3) is 0.583. The number of amides is 2. The van der Waals surface area contributed by atoms with Crippen LogP contribution in [0.1, 0.15) is 69.2 Å². The van der Waals surface area contributed by atoms with E-state index in [1.807, 2.05) is 27.7 Å². The summed E-state index contributed by atoms with van der Waals surface area (Å²) in [5.74, 6) is -0.239. The van der Waals surface area contributed by atoms with Crippen molar-refractivity contribution in [3.8, 4) is 0 Å². The Morgan fingerprint density at radius 2 is 1.42 bits per heavy atom. The monoisotopic (exact) mass is 503 g/mol. The first-order valence-electron chi connectivity index (χ1n) is 11.6. The SMILES string of the molecule is CC(C)(C)OC(=O)N(C(=O)OC(C)(C)C)c1nn(C(=O)O)c2cc(B3OC(C)(C)C(C)(C)O3)ccc12. The maximum atomic E-state index is 13.1. The lowest BCUT2D eigenvalue weighted by atomic mass is 9.79. The summed E-state index contributed by atoms with van der Waals surface area (Å²) in [7, 11) is -0.757. The molecule has 1 aliphatic heterocycles. The number of rotatable bonds is 2. The summed E-state index contributed by atoms with van der Waals surface area (Å²) in [5.41, 5.74) is -2.40. The van der Waals surface area contributed by atoms with E-state index >= 15 is 0 Å². The van der Waals surface area contributed by atoms with E-state index in [9.17, 15) is 19.5 Å². The van der Waals surface area contributed by atoms with Crippen LogP contribution in [0.4, 0.5) is 20.2 Å². The first kappa shape index (κ1) is 27.5. The lowest BCUT2D eigenvalue weighted by Gasteiger charge is -2.32. The normalized spacial score (nSPS) is 17.2. The van der Waals surface area contributed by atoms with Crippen LogP contribution in [0.3, 0.4) is 0 Å². The first-order chi connectivity index (χ1) is 16.2. The Bertz CT molecular complexity index is 1160. The van der Waals surface area contributed by atoms with Gasteiger partial charge in [0.1, 0.15) is 11.2 Å². The van der Waals surface area contributed by atoms with Crippen LogP contribution < -0.4 is 10.4 Å². The standard InChI is InChI=1S/C24H34BN3O8/c1-21(2,3)33-19(31)27(20(32)34-22(4,5)6)17-15-12-11-14(13-16(15)28(26-17)18(29)30)25-35-23(7,8)24(9,10)36-25/h11-13H,1-10H3,(H,29,30). The summed E-state index contributed by atoms with van der Waals surface area (Å²) in [4.78, 5) is 38.9. The number of carboxylic acid groups (broad SMARTS) is 1. The smallest absolute Gasteiger partial charge is 0.463 e. The molecule has 12 heteroatoms. The summed E-state index contributed by atoms with van der Waals surface area (Å²) in [6.45, 7) is 17.5. The molecule has 196 valence electrons. The van der Waals surface area contributed by atoms with Crippen molar-refractivity contribution >= 4 is 47.6 Å². The molecule has 0 bridgehead atoms. The van der Waals surface area contributed by atoms with Crippen molar-refractivity contribution in [3.05, 3.63) is 18.2 Å². The molecule has 1 aromatic carbocycles. The molecule has 0 atom stereocenters. The highest BCUT2D eigenvalue weighted by Crippen LogP contribution is 2.37. The molecule has 2 heterocycles. The number of aromatic nitrogens is 2. The highest BCUT2D eigenvalue weighted by Gasteiger charge is 2.52. The van der Waals surface area contributed by atoms with Gasteiger partial charge in [-0.05, 0) is 86.8 Å². The van der Waals surface area contributed by atoms with E-state index in [4.69, 9.17) is 18.8 Å². The fourth-order valence-electron chi connectivity index (χ4n) is 3.41. The van der Waals surface area contributed by atoms with E-state index in [0.29, 0.717) is 15.0 Å². The number of benzene rings is 1. The van der Waals surface area contributed by atoms with Gasteiger partial charge in [0.2, 0.25) is 0 Å². The summed E-state index contributed by atoms with van der Waals surface area (Å²) < 4.78 is 23.7. The molecule has 1 N–H and O–H groups in total. The second-order valence-electron chi connectivity index (χ2n) is 11.7. The molecule has 0 spiro atoms. The third-order valence-electron chi connectivity index (χ3n) is 5.76. The van der Waals surface area contributed by atoms with E-state index in [1.54, 1.807) is 59.7 Å². The number of hydrogen-bond donors (Lipinski definition) is 1. The van der Waals surface area contributed by atoms with Gasteiger partial charge in [0.25, 0.3) is 0 Å². The summed E-state index contributed by atoms with van der Waals surface area (Å²) in [5, 5.41) is 14.1. The van der Waals surface area contributed by atoms with Crippen molar-refractivity contribution in [2.24, 2.45) is 0 Å². The van der Waals surface area contributed by atoms with Gasteiger partial charge in [-0.3, -0.25) is 0 Å². The van der Waals surface area contributed by atoms with E-state index in [-0.39, 0.29) is 16.7 Å². The van der Waals surface area contributed by atoms with Gasteiger partial charge < -0.3 is 23.9 Å². The third-order valence-corrected chi connectivity index (χ3v) is 5.76. The number of ether oxygens (including phenoxy) is 2. The van der Waals surface area contributed by atoms with Crippen molar-refractivity contribution in [1.29, 1.82) is 0 Å². The van der Waals surface area contributed by atoms with Gasteiger partial charge in [0, 0.05) is 5.39 Å². The first-order valence-corrected chi connectivity index (χ1v) is 11.6. The van der Waals surface area contributed by atoms with Gasteiger partial charge in [0.15, 0.2) is 5.82 Å². The number of imide groups is 1. The van der Waals surface area contributed by atoms with Gasteiger partial charge >= 0.3 is 25.4 Å². The molecule has 2 amide bonds. The Morgan fingerprint density at radius 3 is 1.83 bits per heavy atom. The lowest BCUT2D eigenvalue weighted by molar-refractivity contribution is 0.00578. The zero-order chi connectivity index (χ0) is 27.4. The molecule has 0 unspecified atom stereocenters. The topological polar surface area (TPSA) is 129 Å². The Morgan fingerprint density at radius 1 is 0.944 bits per heavy atom. The van der Waals surface area contributed by atoms with Crippen molar-refractivity contribution in [1.82, 2.24) is 9.78 Å². The maximum Gasteiger partial charge on any atom is 0.494 e. The van der Waals surface area contributed by atoms with Crippen LogP contribution in [0.5, 0.6) is 0 Å². The molecule has 0 radical (unpaired) electrons. The van der Waals surface area contributed by atoms with Crippen LogP contribution in [0.2, 0.25) is 0 Å². The van der Waals surface area contributed by atoms with E-state index in [2.05, 4.69) is 5.10 Å². The van der Waals surface area contributed by atoms with Crippen molar-refractivity contribution in [3.63, 3.8) is 0 Å². The predicted molar refractivity (Wildman–Crippen MR) is 134 cm³/mol. The van der Waals surface area contributed by atoms with Crippen molar-refractivity contribution in [2.45, 2.75) is 91.6 Å². The molecule has 1 aliphatic rings. The lowest BCUT2D eigenvalue weighted by Crippen LogP contribution is -2.44. The molecule has 2 aromatic rings. The molecular weight excluding hydrogens is 469 g/mol. The number of nitrogens with zero attached hydrogens (tertiary/aromatic N) is 3. The molecule has 11 nitrogen and oxygen atoms in total. The molecule has 1 aromatic heterocycles. The van der Waals surface area contributed by atoms with Gasteiger partial charge in [0.05, 0.1) is 16.7 Å². The number of hydrogen-bond acceptors (Lipinski definition) is 8. The van der Waals surface area contributed by atoms with Crippen LogP contribution >= 0.6 is 0 Å². The average molecular weight is 503 g/mol. The van der Waals surface area contributed by atoms with Crippen LogP contribution in [0, 0.1) is 0 Å². The fourth-order valence-corrected chi connectivity index (χ4v) is 3.41. The van der Waals surface area contributed by atoms with Crippen molar-refractivity contribution in [2.75, 3.05) is 4.90 Å². The molecule has 36 heavy (non-hydrogen) atoms. The number of anilines is 1. The highest BCUT2D eigenvalue weighted by atomic mass is 16.7. The van der Waals surface area contributed by atoms with E-state index in [1.165, 1.54) is 0 Å². The van der Waals surface area contributed by atoms with Crippen LogP contribution in [0.15, 0.2) is 18.2 Å². The number of carbonyl (C=O) groups is 3. The molecule has 1 fully saturated rings. The number of carbonyl (C=O) groups excluding carboxylic acids is 2. The quantitative estimate of drug-likeness (QED) is 0.587.